The normalized spacial score (nSPS) is 12.8. The SMILES string of the molecule is CCCCCCCC/C=C\CCCCCCCCCCCC(=O)OC(COC(=O)CCCCCCCCCCCCCCCCCCCCCC)COC(OCC[N+](C)(C)C)C(=O)O. The van der Waals surface area contributed by atoms with Gasteiger partial charge in [0.25, 0.3) is 6.29 Å². The lowest BCUT2D eigenvalue weighted by Crippen LogP contribution is -2.40. The number of unbranched alkanes of at least 4 members (excludes halogenated alkanes) is 34. The third kappa shape index (κ3) is 48.0. The van der Waals surface area contributed by atoms with E-state index in [1.165, 1.54) is 199 Å². The van der Waals surface area contributed by atoms with E-state index in [0.29, 0.717) is 17.4 Å². The van der Waals surface area contributed by atoms with Gasteiger partial charge in [-0.15, -0.1) is 0 Å². The molecule has 0 rings (SSSR count). The molecule has 9 heteroatoms. The molecule has 0 amide bonds. The van der Waals surface area contributed by atoms with Crippen LogP contribution in [-0.4, -0.2) is 87.4 Å². The van der Waals surface area contributed by atoms with E-state index in [2.05, 4.69) is 26.0 Å². The van der Waals surface area contributed by atoms with Crippen molar-refractivity contribution >= 4 is 17.9 Å². The molecule has 0 radical (unpaired) electrons. The summed E-state index contributed by atoms with van der Waals surface area (Å²) in [6.07, 6.45) is 49.9. The van der Waals surface area contributed by atoms with Gasteiger partial charge in [0.15, 0.2) is 6.10 Å². The molecule has 0 spiro atoms. The number of rotatable bonds is 51. The van der Waals surface area contributed by atoms with Crippen molar-refractivity contribution in [3.05, 3.63) is 12.2 Å². The molecule has 1 N–H and O–H groups in total. The number of esters is 2. The first-order valence-electron chi connectivity index (χ1n) is 27.4. The Bertz CT molecular complexity index is 1060. The highest BCUT2D eigenvalue weighted by Crippen LogP contribution is 2.17. The van der Waals surface area contributed by atoms with Gasteiger partial charge in [-0.3, -0.25) is 9.59 Å². The Morgan fingerprint density at radius 1 is 0.453 bits per heavy atom. The molecule has 0 aliphatic carbocycles. The zero-order valence-corrected chi connectivity index (χ0v) is 43.0. The Morgan fingerprint density at radius 2 is 0.797 bits per heavy atom. The number of allylic oxidation sites excluding steroid dienone is 2. The van der Waals surface area contributed by atoms with Crippen molar-refractivity contribution in [2.45, 2.75) is 277 Å². The predicted octanol–water partition coefficient (Wildman–Crippen LogP) is 15.4. The zero-order valence-electron chi connectivity index (χ0n) is 43.0. The topological polar surface area (TPSA) is 108 Å². The monoisotopic (exact) mass is 909 g/mol. The van der Waals surface area contributed by atoms with Crippen LogP contribution in [0.5, 0.6) is 0 Å². The number of carboxylic acid groups (broad SMARTS) is 1. The number of carbonyl (C=O) groups excluding carboxylic acids is 2. The summed E-state index contributed by atoms with van der Waals surface area (Å²) < 4.78 is 22.9. The van der Waals surface area contributed by atoms with Gasteiger partial charge in [-0.05, 0) is 38.5 Å². The summed E-state index contributed by atoms with van der Waals surface area (Å²) in [5.41, 5.74) is 0. The average molecular weight is 909 g/mol. The summed E-state index contributed by atoms with van der Waals surface area (Å²) in [6.45, 7) is 4.92. The maximum absolute atomic E-state index is 12.8. The Kier molecular flexibility index (Phi) is 46.1. The van der Waals surface area contributed by atoms with Crippen molar-refractivity contribution in [2.24, 2.45) is 0 Å². The zero-order chi connectivity index (χ0) is 47.0. The standard InChI is InChI=1S/C55H105NO8/c1-6-8-10-12-14-16-18-20-22-24-26-28-29-31-33-35-37-39-41-43-45-52(57)62-49-51(50-63-55(54(59)60)61-48-47-56(3,4)5)64-53(58)46-44-42-40-38-36-34-32-30-27-25-23-21-19-17-15-13-11-9-7-2/h21,23,51,55H,6-20,22,24-50H2,1-5H3/p+1/b23-21-. The molecule has 378 valence electrons. The van der Waals surface area contributed by atoms with Crippen LogP contribution in [0.3, 0.4) is 0 Å². The molecule has 0 saturated heterocycles. The smallest absolute Gasteiger partial charge is 0.361 e. The Hall–Kier alpha value is -1.97. The van der Waals surface area contributed by atoms with Crippen LogP contribution in [0.15, 0.2) is 12.2 Å². The fourth-order valence-corrected chi connectivity index (χ4v) is 8.01. The first kappa shape index (κ1) is 62.0. The minimum absolute atomic E-state index is 0.176. The molecule has 2 atom stereocenters. The molecular formula is C55H106NO8+. The molecule has 0 aromatic carbocycles. The van der Waals surface area contributed by atoms with Gasteiger partial charge in [0.05, 0.1) is 34.4 Å². The Morgan fingerprint density at radius 3 is 1.16 bits per heavy atom. The van der Waals surface area contributed by atoms with Crippen LogP contribution in [0.25, 0.3) is 0 Å². The number of carbonyl (C=O) groups is 3. The summed E-state index contributed by atoms with van der Waals surface area (Å²) >= 11 is 0. The molecule has 0 saturated carbocycles. The lowest BCUT2D eigenvalue weighted by atomic mass is 10.0. The van der Waals surface area contributed by atoms with Crippen LogP contribution >= 0.6 is 0 Å². The van der Waals surface area contributed by atoms with E-state index in [1.54, 1.807) is 0 Å². The number of aliphatic carboxylic acids is 1. The quantitative estimate of drug-likeness (QED) is 0.0211. The minimum Gasteiger partial charge on any atom is -0.477 e. The van der Waals surface area contributed by atoms with Crippen LogP contribution < -0.4 is 0 Å². The average Bonchev–Trinajstić information content (AvgIpc) is 3.26. The number of nitrogens with zero attached hydrogens (tertiary/aromatic N) is 1. The van der Waals surface area contributed by atoms with Crippen molar-refractivity contribution in [3.8, 4) is 0 Å². The number of likely N-dealkylation sites (N-methyl/N-ethyl adjacent to an activating group) is 1. The molecule has 64 heavy (non-hydrogen) atoms. The van der Waals surface area contributed by atoms with Gasteiger partial charge in [-0.25, -0.2) is 4.79 Å². The third-order valence-corrected chi connectivity index (χ3v) is 12.3. The van der Waals surface area contributed by atoms with Gasteiger partial charge >= 0.3 is 17.9 Å². The lowest BCUT2D eigenvalue weighted by molar-refractivity contribution is -0.870. The molecule has 2 unspecified atom stereocenters. The molecule has 0 aromatic heterocycles. The van der Waals surface area contributed by atoms with Crippen LogP contribution in [0.1, 0.15) is 264 Å². The van der Waals surface area contributed by atoms with Crippen molar-refractivity contribution in [2.75, 3.05) is 47.5 Å². The summed E-state index contributed by atoms with van der Waals surface area (Å²) in [5.74, 6) is -1.99. The highest BCUT2D eigenvalue weighted by Gasteiger charge is 2.25. The first-order chi connectivity index (χ1) is 31.1. The van der Waals surface area contributed by atoms with E-state index >= 15 is 0 Å². The van der Waals surface area contributed by atoms with Gasteiger partial charge in [-0.1, -0.05) is 225 Å². The van der Waals surface area contributed by atoms with Gasteiger partial charge in [0.2, 0.25) is 0 Å². The maximum atomic E-state index is 12.8. The van der Waals surface area contributed by atoms with Crippen molar-refractivity contribution in [1.82, 2.24) is 0 Å². The molecular weight excluding hydrogens is 803 g/mol. The highest BCUT2D eigenvalue weighted by molar-refractivity contribution is 5.71. The number of quaternary nitrogens is 1. The van der Waals surface area contributed by atoms with Crippen LogP contribution in [0, 0.1) is 0 Å². The Labute approximate surface area is 395 Å². The third-order valence-electron chi connectivity index (χ3n) is 12.3. The second-order valence-corrected chi connectivity index (χ2v) is 19.9. The second-order valence-electron chi connectivity index (χ2n) is 19.9. The van der Waals surface area contributed by atoms with Crippen molar-refractivity contribution < 1.29 is 42.9 Å². The van der Waals surface area contributed by atoms with Gasteiger partial charge < -0.3 is 28.5 Å². The maximum Gasteiger partial charge on any atom is 0.361 e. The number of hydrogen-bond acceptors (Lipinski definition) is 7. The first-order valence-corrected chi connectivity index (χ1v) is 27.4. The van der Waals surface area contributed by atoms with E-state index < -0.39 is 24.3 Å². The van der Waals surface area contributed by atoms with Gasteiger partial charge in [0.1, 0.15) is 13.2 Å². The molecule has 0 aliphatic rings. The van der Waals surface area contributed by atoms with Crippen LogP contribution in [-0.2, 0) is 33.3 Å². The summed E-state index contributed by atoms with van der Waals surface area (Å²) in [7, 11) is 5.97. The Balaban J connectivity index is 4.26. The van der Waals surface area contributed by atoms with Crippen LogP contribution in [0.4, 0.5) is 0 Å². The number of carboxylic acids is 1. The number of ether oxygens (including phenoxy) is 4. The molecule has 0 aliphatic heterocycles. The molecule has 0 heterocycles. The van der Waals surface area contributed by atoms with Crippen LogP contribution in [0.2, 0.25) is 0 Å². The fourth-order valence-electron chi connectivity index (χ4n) is 8.01. The molecule has 0 fully saturated rings. The number of hydrogen-bond donors (Lipinski definition) is 1. The van der Waals surface area contributed by atoms with E-state index in [9.17, 15) is 19.5 Å². The summed E-state index contributed by atoms with van der Waals surface area (Å²) in [4.78, 5) is 37.3. The van der Waals surface area contributed by atoms with Crippen molar-refractivity contribution in [1.29, 1.82) is 0 Å². The lowest BCUT2D eigenvalue weighted by Gasteiger charge is -2.25. The molecule has 9 nitrogen and oxygen atoms in total. The summed E-state index contributed by atoms with van der Waals surface area (Å²) in [6, 6.07) is 0. The van der Waals surface area contributed by atoms with E-state index in [-0.39, 0.29) is 32.2 Å². The molecule has 0 aromatic rings. The van der Waals surface area contributed by atoms with Gasteiger partial charge in [-0.2, -0.15) is 0 Å². The van der Waals surface area contributed by atoms with E-state index in [4.69, 9.17) is 18.9 Å². The fraction of sp³-hybridized carbons (Fsp3) is 0.909. The molecule has 0 bridgehead atoms. The summed E-state index contributed by atoms with van der Waals surface area (Å²) in [5, 5.41) is 9.68. The van der Waals surface area contributed by atoms with Crippen molar-refractivity contribution in [3.63, 3.8) is 0 Å². The highest BCUT2D eigenvalue weighted by atomic mass is 16.7. The van der Waals surface area contributed by atoms with E-state index in [0.717, 1.165) is 38.5 Å². The largest absolute Gasteiger partial charge is 0.477 e. The second kappa shape index (κ2) is 47.5. The van der Waals surface area contributed by atoms with Gasteiger partial charge in [0, 0.05) is 12.8 Å². The van der Waals surface area contributed by atoms with E-state index in [1.807, 2.05) is 21.1 Å². The predicted molar refractivity (Wildman–Crippen MR) is 268 cm³/mol. The minimum atomic E-state index is -1.51.